The molecule has 4 heteroatoms. The molecule has 0 radical (unpaired) electrons. The van der Waals surface area contributed by atoms with Gasteiger partial charge < -0.3 is 5.11 Å². The van der Waals surface area contributed by atoms with Crippen LogP contribution < -0.4 is 0 Å². The second-order valence-electron chi connectivity index (χ2n) is 1.62. The Balaban J connectivity index is 3.46. The van der Waals surface area contributed by atoms with Crippen LogP contribution in [-0.2, 0) is 0 Å². The average molecular weight is 198 g/mol. The molecule has 0 aliphatic carbocycles. The van der Waals surface area contributed by atoms with E-state index in [4.69, 9.17) is 41.3 Å². The van der Waals surface area contributed by atoms with Crippen molar-refractivity contribution in [3.63, 3.8) is 0 Å². The van der Waals surface area contributed by atoms with E-state index in [-0.39, 0.29) is 26.9 Å². The maximum absolute atomic E-state index is 9.01. The minimum absolute atomic E-state index is 0.0123. The van der Waals surface area contributed by atoms with Crippen molar-refractivity contribution in [1.82, 2.24) is 0 Å². The molecule has 10 heavy (non-hydrogen) atoms. The van der Waals surface area contributed by atoms with Crippen molar-refractivity contribution >= 4 is 34.8 Å². The van der Waals surface area contributed by atoms with E-state index in [1.807, 2.05) is 0 Å². The number of halogens is 3. The van der Waals surface area contributed by atoms with Crippen LogP contribution >= 0.6 is 34.8 Å². The molecular weight excluding hydrogens is 194 g/mol. The molecule has 0 spiro atoms. The highest BCUT2D eigenvalue weighted by molar-refractivity contribution is 6.48. The first-order valence-electron chi connectivity index (χ1n) is 2.87. The minimum atomic E-state index is -0.230. The molecule has 0 aliphatic heterocycles. The highest BCUT2D eigenvalue weighted by Gasteiger charge is 2.06. The van der Waals surface area contributed by atoms with Crippen LogP contribution in [0.25, 0.3) is 0 Å². The van der Waals surface area contributed by atoms with Gasteiger partial charge in [-0.05, 0) is 12.1 Å². The van der Waals surface area contributed by atoms with E-state index in [0.29, 0.717) is 0 Å². The number of hydrogen-bond acceptors (Lipinski definition) is 1. The number of benzene rings is 1. The van der Waals surface area contributed by atoms with Gasteiger partial charge in [-0.25, -0.2) is 0 Å². The molecule has 0 saturated carbocycles. The average Bonchev–Trinajstić information content (AvgIpc) is 1.97. The molecule has 0 unspecified atom stereocenters. The van der Waals surface area contributed by atoms with Crippen LogP contribution in [0.1, 0.15) is 1.37 Å². The summed E-state index contributed by atoms with van der Waals surface area (Å²) in [7, 11) is 0. The van der Waals surface area contributed by atoms with Crippen LogP contribution in [0.2, 0.25) is 15.1 Å². The predicted molar refractivity (Wildman–Crippen MR) is 43.1 cm³/mol. The van der Waals surface area contributed by atoms with Crippen LogP contribution in [0.3, 0.4) is 0 Å². The molecule has 1 aromatic carbocycles. The number of hydrogen-bond donors (Lipinski definition) is 1. The summed E-state index contributed by atoms with van der Waals surface area (Å²) < 4.78 is 7.16. The van der Waals surface area contributed by atoms with E-state index in [1.165, 1.54) is 0 Å². The van der Waals surface area contributed by atoms with Crippen LogP contribution in [0.5, 0.6) is 5.75 Å². The van der Waals surface area contributed by atoms with Gasteiger partial charge in [0, 0.05) is 0 Å². The molecule has 54 valence electrons. The standard InChI is InChI=1S/C6H3Cl3O/c7-3-1-2-4(10)6(9)5(3)8/h1-2,10H/i1D. The van der Waals surface area contributed by atoms with Gasteiger partial charge in [-0.15, -0.1) is 0 Å². The first kappa shape index (κ1) is 6.59. The SMILES string of the molecule is [2H]c1cc(O)c(Cl)c(Cl)c1Cl. The summed E-state index contributed by atoms with van der Waals surface area (Å²) in [4.78, 5) is 0. The van der Waals surface area contributed by atoms with Crippen molar-refractivity contribution in [1.29, 1.82) is 0 Å². The van der Waals surface area contributed by atoms with Crippen molar-refractivity contribution in [2.45, 2.75) is 0 Å². The molecule has 0 amide bonds. The monoisotopic (exact) mass is 197 g/mol. The number of phenolic OH excluding ortho intramolecular Hbond substituents is 1. The van der Waals surface area contributed by atoms with Crippen molar-refractivity contribution in [2.75, 3.05) is 0 Å². The van der Waals surface area contributed by atoms with E-state index in [2.05, 4.69) is 0 Å². The minimum Gasteiger partial charge on any atom is -0.506 e. The third kappa shape index (κ3) is 1.31. The highest BCUT2D eigenvalue weighted by Crippen LogP contribution is 2.35. The fourth-order valence-corrected chi connectivity index (χ4v) is 0.965. The zero-order chi connectivity index (χ0) is 8.59. The molecule has 0 fully saturated rings. The van der Waals surface area contributed by atoms with Gasteiger partial charge in [-0.2, -0.15) is 0 Å². The van der Waals surface area contributed by atoms with Crippen LogP contribution in [0.15, 0.2) is 12.1 Å². The second-order valence-corrected chi connectivity index (χ2v) is 2.75. The number of rotatable bonds is 0. The molecule has 0 aromatic heterocycles. The Morgan fingerprint density at radius 1 is 1.30 bits per heavy atom. The van der Waals surface area contributed by atoms with Gasteiger partial charge in [0.15, 0.2) is 0 Å². The molecule has 0 atom stereocenters. The molecule has 0 saturated heterocycles. The van der Waals surface area contributed by atoms with Crippen molar-refractivity contribution in [3.05, 3.63) is 27.2 Å². The maximum Gasteiger partial charge on any atom is 0.135 e. The summed E-state index contributed by atoms with van der Waals surface area (Å²) in [6, 6.07) is 1.09. The van der Waals surface area contributed by atoms with Gasteiger partial charge >= 0.3 is 0 Å². The van der Waals surface area contributed by atoms with Gasteiger partial charge in [0.1, 0.15) is 10.8 Å². The van der Waals surface area contributed by atoms with E-state index < -0.39 is 0 Å². The Morgan fingerprint density at radius 2 is 1.90 bits per heavy atom. The lowest BCUT2D eigenvalue weighted by Crippen LogP contribution is -1.71. The summed E-state index contributed by atoms with van der Waals surface area (Å²) >= 11 is 16.6. The fraction of sp³-hybridized carbons (Fsp3) is 0. The molecule has 0 heterocycles. The van der Waals surface area contributed by atoms with E-state index in [1.54, 1.807) is 0 Å². The lowest BCUT2D eigenvalue weighted by molar-refractivity contribution is 0.475. The lowest BCUT2D eigenvalue weighted by atomic mass is 10.3. The molecule has 0 bridgehead atoms. The Kier molecular flexibility index (Phi) is 1.89. The second kappa shape index (κ2) is 2.87. The van der Waals surface area contributed by atoms with Gasteiger partial charge in [0.05, 0.1) is 11.4 Å². The van der Waals surface area contributed by atoms with Crippen molar-refractivity contribution in [2.24, 2.45) is 0 Å². The zero-order valence-corrected chi connectivity index (χ0v) is 6.93. The van der Waals surface area contributed by atoms with Crippen LogP contribution in [0.4, 0.5) is 0 Å². The topological polar surface area (TPSA) is 20.2 Å². The molecule has 1 nitrogen and oxygen atoms in total. The van der Waals surface area contributed by atoms with Gasteiger partial charge in [0.2, 0.25) is 0 Å². The summed E-state index contributed by atoms with van der Waals surface area (Å²) in [5.41, 5.74) is 0. The summed E-state index contributed by atoms with van der Waals surface area (Å²) in [6.07, 6.45) is 0. The van der Waals surface area contributed by atoms with Gasteiger partial charge in [-0.1, -0.05) is 34.8 Å². The fourth-order valence-electron chi connectivity index (χ4n) is 0.467. The van der Waals surface area contributed by atoms with Crippen LogP contribution in [-0.4, -0.2) is 5.11 Å². The molecular formula is C6H3Cl3O. The summed E-state index contributed by atoms with van der Waals surface area (Å²) in [5.74, 6) is -0.230. The lowest BCUT2D eigenvalue weighted by Gasteiger charge is -1.99. The number of aromatic hydroxyl groups is 1. The molecule has 0 aliphatic rings. The first-order chi connectivity index (χ1) is 5.04. The van der Waals surface area contributed by atoms with Crippen molar-refractivity contribution < 1.29 is 6.48 Å². The molecule has 1 aromatic rings. The predicted octanol–water partition coefficient (Wildman–Crippen LogP) is 3.35. The Bertz CT molecular complexity index is 274. The smallest absolute Gasteiger partial charge is 0.135 e. The zero-order valence-electron chi connectivity index (χ0n) is 5.66. The highest BCUT2D eigenvalue weighted by atomic mass is 35.5. The quantitative estimate of drug-likeness (QED) is 0.634. The largest absolute Gasteiger partial charge is 0.506 e. The molecule has 1 rings (SSSR count). The third-order valence-corrected chi connectivity index (χ3v) is 2.20. The van der Waals surface area contributed by atoms with Crippen LogP contribution in [0, 0.1) is 0 Å². The summed E-state index contributed by atoms with van der Waals surface area (Å²) in [5, 5.41) is 9.05. The normalized spacial score (nSPS) is 11.3. The third-order valence-electron chi connectivity index (χ3n) is 0.946. The van der Waals surface area contributed by atoms with E-state index >= 15 is 0 Å². The van der Waals surface area contributed by atoms with Gasteiger partial charge in [0.25, 0.3) is 0 Å². The van der Waals surface area contributed by atoms with Gasteiger partial charge in [-0.3, -0.25) is 0 Å². The van der Waals surface area contributed by atoms with Crippen molar-refractivity contribution in [3.8, 4) is 5.75 Å². The summed E-state index contributed by atoms with van der Waals surface area (Å²) in [6.45, 7) is 0. The number of phenols is 1. The Hall–Kier alpha value is -0.110. The maximum atomic E-state index is 9.01. The van der Waals surface area contributed by atoms with E-state index in [9.17, 15) is 0 Å². The Morgan fingerprint density at radius 3 is 2.50 bits per heavy atom. The van der Waals surface area contributed by atoms with E-state index in [0.717, 1.165) is 6.07 Å². The molecule has 1 N–H and O–H groups in total. The first-order valence-corrected chi connectivity index (χ1v) is 3.50. The Labute approximate surface area is 74.5 Å².